The summed E-state index contributed by atoms with van der Waals surface area (Å²) in [4.78, 5) is 0. The highest BCUT2D eigenvalue weighted by Gasteiger charge is 2.35. The maximum absolute atomic E-state index is 8.81. The van der Waals surface area contributed by atoms with Crippen molar-refractivity contribution in [2.75, 3.05) is 0 Å². The van der Waals surface area contributed by atoms with E-state index in [1.807, 2.05) is 0 Å². The van der Waals surface area contributed by atoms with Gasteiger partial charge in [0.15, 0.2) is 0 Å². The van der Waals surface area contributed by atoms with E-state index in [-0.39, 0.29) is 0 Å². The Morgan fingerprint density at radius 3 is 1.81 bits per heavy atom. The lowest BCUT2D eigenvalue weighted by atomic mass is 9.65. The summed E-state index contributed by atoms with van der Waals surface area (Å²) in [6.07, 6.45) is 7.06. The van der Waals surface area contributed by atoms with Crippen LogP contribution in [0.4, 0.5) is 0 Å². The van der Waals surface area contributed by atoms with E-state index in [1.165, 1.54) is 25.7 Å². The van der Waals surface area contributed by atoms with Gasteiger partial charge < -0.3 is 5.21 Å². The van der Waals surface area contributed by atoms with Gasteiger partial charge in [0.2, 0.25) is 0 Å². The van der Waals surface area contributed by atoms with Crippen LogP contribution in [0.5, 0.6) is 0 Å². The van der Waals surface area contributed by atoms with Crippen molar-refractivity contribution in [2.45, 2.75) is 66.2 Å². The van der Waals surface area contributed by atoms with Gasteiger partial charge in [-0.1, -0.05) is 32.9 Å². The van der Waals surface area contributed by atoms with Crippen molar-refractivity contribution in [1.82, 2.24) is 0 Å². The quantitative estimate of drug-likeness (QED) is 0.555. The molecule has 0 aromatic rings. The molecule has 0 amide bonds. The molecule has 0 aromatic heterocycles. The van der Waals surface area contributed by atoms with Gasteiger partial charge in [0.05, 0.1) is 5.71 Å². The molecule has 0 spiro atoms. The largest absolute Gasteiger partial charge is 0.411 e. The van der Waals surface area contributed by atoms with Gasteiger partial charge in [-0.05, 0) is 55.8 Å². The highest BCUT2D eigenvalue weighted by molar-refractivity contribution is 5.84. The molecule has 2 heteroatoms. The van der Waals surface area contributed by atoms with E-state index in [4.69, 9.17) is 5.21 Å². The second-order valence-corrected chi connectivity index (χ2v) is 6.36. The van der Waals surface area contributed by atoms with Crippen molar-refractivity contribution in [3.63, 3.8) is 0 Å². The second kappa shape index (κ2) is 5.70. The fourth-order valence-electron chi connectivity index (χ4n) is 3.39. The van der Waals surface area contributed by atoms with E-state index < -0.39 is 0 Å². The van der Waals surface area contributed by atoms with E-state index in [1.54, 1.807) is 0 Å². The standard InChI is InChI=1S/C14H27NO/c1-11(2)9-14(10-12(3)4)7-5-13(15-16)6-8-14/h11-12,16H,5-10H2,1-4H3. The molecule has 2 nitrogen and oxygen atoms in total. The first kappa shape index (κ1) is 13.5. The zero-order valence-electron chi connectivity index (χ0n) is 11.3. The minimum absolute atomic E-state index is 0.510. The Hall–Kier alpha value is -0.530. The summed E-state index contributed by atoms with van der Waals surface area (Å²) in [5, 5.41) is 12.2. The summed E-state index contributed by atoms with van der Waals surface area (Å²) in [6, 6.07) is 0. The van der Waals surface area contributed by atoms with Crippen LogP contribution in [0.3, 0.4) is 0 Å². The molecule has 0 bridgehead atoms. The van der Waals surface area contributed by atoms with Gasteiger partial charge >= 0.3 is 0 Å². The Morgan fingerprint density at radius 1 is 1.06 bits per heavy atom. The molecule has 0 heterocycles. The molecule has 0 atom stereocenters. The zero-order valence-corrected chi connectivity index (χ0v) is 11.3. The first-order valence-electron chi connectivity index (χ1n) is 6.67. The Kier molecular flexibility index (Phi) is 4.82. The van der Waals surface area contributed by atoms with Crippen molar-refractivity contribution in [1.29, 1.82) is 0 Å². The Morgan fingerprint density at radius 2 is 1.50 bits per heavy atom. The topological polar surface area (TPSA) is 32.6 Å². The molecule has 1 N–H and O–H groups in total. The molecule has 94 valence electrons. The minimum atomic E-state index is 0.510. The monoisotopic (exact) mass is 225 g/mol. The van der Waals surface area contributed by atoms with Crippen LogP contribution in [-0.2, 0) is 0 Å². The van der Waals surface area contributed by atoms with Gasteiger partial charge in [0.25, 0.3) is 0 Å². The molecule has 1 saturated carbocycles. The molecule has 0 unspecified atom stereocenters. The van der Waals surface area contributed by atoms with E-state index >= 15 is 0 Å². The summed E-state index contributed by atoms with van der Waals surface area (Å²) >= 11 is 0. The van der Waals surface area contributed by atoms with Crippen molar-refractivity contribution >= 4 is 5.71 Å². The van der Waals surface area contributed by atoms with Crippen LogP contribution in [0.1, 0.15) is 66.2 Å². The van der Waals surface area contributed by atoms with Crippen LogP contribution in [0.15, 0.2) is 5.16 Å². The molecule has 0 radical (unpaired) electrons. The van der Waals surface area contributed by atoms with E-state index in [0.29, 0.717) is 5.41 Å². The summed E-state index contributed by atoms with van der Waals surface area (Å²) in [5.74, 6) is 1.54. The van der Waals surface area contributed by atoms with Gasteiger partial charge in [-0.25, -0.2) is 0 Å². The molecule has 0 aromatic carbocycles. The zero-order chi connectivity index (χ0) is 12.2. The van der Waals surface area contributed by atoms with Gasteiger partial charge in [0.1, 0.15) is 0 Å². The first-order valence-corrected chi connectivity index (χ1v) is 6.67. The SMILES string of the molecule is CC(C)CC1(CC(C)C)CCC(=NO)CC1. The number of hydrogen-bond donors (Lipinski definition) is 1. The minimum Gasteiger partial charge on any atom is -0.411 e. The lowest BCUT2D eigenvalue weighted by Gasteiger charge is -2.40. The van der Waals surface area contributed by atoms with Crippen LogP contribution in [0.25, 0.3) is 0 Å². The van der Waals surface area contributed by atoms with Gasteiger partial charge in [-0.2, -0.15) is 0 Å². The lowest BCUT2D eigenvalue weighted by molar-refractivity contribution is 0.144. The highest BCUT2D eigenvalue weighted by Crippen LogP contribution is 2.45. The van der Waals surface area contributed by atoms with E-state index in [0.717, 1.165) is 30.4 Å². The van der Waals surface area contributed by atoms with Crippen LogP contribution >= 0.6 is 0 Å². The third kappa shape index (κ3) is 3.80. The third-order valence-electron chi connectivity index (χ3n) is 3.71. The highest BCUT2D eigenvalue weighted by atomic mass is 16.4. The number of hydrogen-bond acceptors (Lipinski definition) is 2. The van der Waals surface area contributed by atoms with E-state index in [2.05, 4.69) is 32.9 Å². The smallest absolute Gasteiger partial charge is 0.0571 e. The molecular formula is C14H27NO. The number of nitrogens with zero attached hydrogens (tertiary/aromatic N) is 1. The van der Waals surface area contributed by atoms with Crippen LogP contribution in [-0.4, -0.2) is 10.9 Å². The average molecular weight is 225 g/mol. The predicted molar refractivity (Wildman–Crippen MR) is 69.0 cm³/mol. The Balaban J connectivity index is 2.66. The Labute approximate surface area is 100 Å². The third-order valence-corrected chi connectivity index (χ3v) is 3.71. The molecule has 1 aliphatic rings. The molecular weight excluding hydrogens is 198 g/mol. The molecule has 0 saturated heterocycles. The van der Waals surface area contributed by atoms with Crippen LogP contribution < -0.4 is 0 Å². The van der Waals surface area contributed by atoms with Crippen molar-refractivity contribution in [3.05, 3.63) is 0 Å². The normalized spacial score (nSPS) is 20.5. The fraction of sp³-hybridized carbons (Fsp3) is 0.929. The number of oxime groups is 1. The first-order chi connectivity index (χ1) is 7.47. The lowest BCUT2D eigenvalue weighted by Crippen LogP contribution is -2.30. The maximum atomic E-state index is 8.81. The van der Waals surface area contributed by atoms with Crippen LogP contribution in [0, 0.1) is 17.3 Å². The van der Waals surface area contributed by atoms with Crippen molar-refractivity contribution in [2.24, 2.45) is 22.4 Å². The van der Waals surface area contributed by atoms with Gasteiger partial charge in [0, 0.05) is 0 Å². The van der Waals surface area contributed by atoms with Gasteiger partial charge in [-0.15, -0.1) is 0 Å². The molecule has 1 rings (SSSR count). The summed E-state index contributed by atoms with van der Waals surface area (Å²) in [6.45, 7) is 9.27. The molecule has 0 aliphatic heterocycles. The molecule has 1 fully saturated rings. The predicted octanol–water partition coefficient (Wildman–Crippen LogP) is 4.47. The Bertz CT molecular complexity index is 221. The second-order valence-electron chi connectivity index (χ2n) is 6.36. The molecule has 1 aliphatic carbocycles. The average Bonchev–Trinajstić information content (AvgIpc) is 2.16. The summed E-state index contributed by atoms with van der Waals surface area (Å²) in [7, 11) is 0. The van der Waals surface area contributed by atoms with E-state index in [9.17, 15) is 0 Å². The fourth-order valence-corrected chi connectivity index (χ4v) is 3.39. The van der Waals surface area contributed by atoms with Crippen LogP contribution in [0.2, 0.25) is 0 Å². The van der Waals surface area contributed by atoms with Gasteiger partial charge in [-0.3, -0.25) is 0 Å². The number of rotatable bonds is 4. The summed E-state index contributed by atoms with van der Waals surface area (Å²) in [5.41, 5.74) is 1.51. The maximum Gasteiger partial charge on any atom is 0.0571 e. The van der Waals surface area contributed by atoms with Crippen molar-refractivity contribution < 1.29 is 5.21 Å². The molecule has 16 heavy (non-hydrogen) atoms. The summed E-state index contributed by atoms with van der Waals surface area (Å²) < 4.78 is 0. The van der Waals surface area contributed by atoms with Crippen molar-refractivity contribution in [3.8, 4) is 0 Å².